The molecular formula is C10H3Br2ClF2N2O. The highest BCUT2D eigenvalue weighted by Crippen LogP contribution is 2.32. The summed E-state index contributed by atoms with van der Waals surface area (Å²) in [6, 6.07) is 2.27. The zero-order valence-electron chi connectivity index (χ0n) is 8.42. The van der Waals surface area contributed by atoms with Crippen LogP contribution in [0.5, 0.6) is 11.6 Å². The Labute approximate surface area is 122 Å². The second-order valence-corrected chi connectivity index (χ2v) is 5.20. The van der Waals surface area contributed by atoms with Gasteiger partial charge in [0.05, 0.1) is 4.47 Å². The summed E-state index contributed by atoms with van der Waals surface area (Å²) in [4.78, 5) is 7.44. The lowest BCUT2D eigenvalue weighted by Gasteiger charge is -2.08. The van der Waals surface area contributed by atoms with Crippen molar-refractivity contribution < 1.29 is 13.5 Å². The highest BCUT2D eigenvalue weighted by molar-refractivity contribution is 9.10. The molecule has 0 N–H and O–H groups in total. The Balaban J connectivity index is 2.43. The third-order valence-electron chi connectivity index (χ3n) is 1.85. The fourth-order valence-corrected chi connectivity index (χ4v) is 1.92. The third kappa shape index (κ3) is 2.96. The summed E-state index contributed by atoms with van der Waals surface area (Å²) in [6.45, 7) is 0. The van der Waals surface area contributed by atoms with Gasteiger partial charge in [-0.1, -0.05) is 15.9 Å². The standard InChI is InChI=1S/C10H3Br2ClF2N2O/c11-4-1-6(14)8(15)7(2-4)18-9-5(12)3-16-10(13)17-9/h1-3H. The fourth-order valence-electron chi connectivity index (χ4n) is 1.11. The Bertz CT molecular complexity index is 613. The zero-order valence-corrected chi connectivity index (χ0v) is 12.4. The Kier molecular flexibility index (Phi) is 4.14. The van der Waals surface area contributed by atoms with Gasteiger partial charge in [0.25, 0.3) is 0 Å². The smallest absolute Gasteiger partial charge is 0.238 e. The van der Waals surface area contributed by atoms with Crippen molar-refractivity contribution >= 4 is 43.5 Å². The Morgan fingerprint density at radius 3 is 2.67 bits per heavy atom. The summed E-state index contributed by atoms with van der Waals surface area (Å²) in [5, 5.41) is -0.0657. The number of benzene rings is 1. The maximum atomic E-state index is 13.5. The molecule has 3 nitrogen and oxygen atoms in total. The van der Waals surface area contributed by atoms with E-state index in [1.54, 1.807) is 0 Å². The number of halogens is 5. The molecule has 0 amide bonds. The van der Waals surface area contributed by atoms with Crippen LogP contribution in [-0.4, -0.2) is 9.97 Å². The number of aromatic nitrogens is 2. The summed E-state index contributed by atoms with van der Waals surface area (Å²) in [5.41, 5.74) is 0. The molecule has 0 bridgehead atoms. The monoisotopic (exact) mass is 398 g/mol. The maximum Gasteiger partial charge on any atom is 0.238 e. The quantitative estimate of drug-likeness (QED) is 0.540. The first-order valence-electron chi connectivity index (χ1n) is 4.48. The molecule has 1 aromatic heterocycles. The minimum Gasteiger partial charge on any atom is -0.434 e. The molecule has 0 saturated heterocycles. The van der Waals surface area contributed by atoms with Crippen LogP contribution in [0, 0.1) is 11.6 Å². The average Bonchev–Trinajstić information content (AvgIpc) is 2.30. The summed E-state index contributed by atoms with van der Waals surface area (Å²) < 4.78 is 32.5. The molecule has 1 aromatic carbocycles. The van der Waals surface area contributed by atoms with Crippen molar-refractivity contribution in [3.8, 4) is 11.6 Å². The van der Waals surface area contributed by atoms with Crippen LogP contribution in [0.2, 0.25) is 5.28 Å². The second-order valence-electron chi connectivity index (χ2n) is 3.09. The zero-order chi connectivity index (χ0) is 13.3. The van der Waals surface area contributed by atoms with E-state index < -0.39 is 11.6 Å². The molecular weight excluding hydrogens is 397 g/mol. The van der Waals surface area contributed by atoms with E-state index in [2.05, 4.69) is 41.8 Å². The van der Waals surface area contributed by atoms with Gasteiger partial charge < -0.3 is 4.74 Å². The van der Waals surface area contributed by atoms with Crippen molar-refractivity contribution in [1.82, 2.24) is 9.97 Å². The molecule has 18 heavy (non-hydrogen) atoms. The van der Waals surface area contributed by atoms with Crippen LogP contribution in [0.4, 0.5) is 8.78 Å². The molecule has 0 fully saturated rings. The molecule has 0 saturated carbocycles. The van der Waals surface area contributed by atoms with Gasteiger partial charge in [-0.25, -0.2) is 9.37 Å². The molecule has 8 heteroatoms. The van der Waals surface area contributed by atoms with Crippen LogP contribution >= 0.6 is 43.5 Å². The number of hydrogen-bond acceptors (Lipinski definition) is 3. The van der Waals surface area contributed by atoms with Crippen LogP contribution < -0.4 is 4.74 Å². The first-order valence-corrected chi connectivity index (χ1v) is 6.44. The van der Waals surface area contributed by atoms with Gasteiger partial charge in [0, 0.05) is 10.7 Å². The number of hydrogen-bond donors (Lipinski definition) is 0. The number of ether oxygens (including phenoxy) is 1. The number of nitrogens with zero attached hydrogens (tertiary/aromatic N) is 2. The summed E-state index contributed by atoms with van der Waals surface area (Å²) >= 11 is 11.7. The van der Waals surface area contributed by atoms with E-state index in [-0.39, 0.29) is 16.9 Å². The largest absolute Gasteiger partial charge is 0.434 e. The molecule has 0 aliphatic carbocycles. The molecule has 1 heterocycles. The van der Waals surface area contributed by atoms with Crippen molar-refractivity contribution in [2.24, 2.45) is 0 Å². The maximum absolute atomic E-state index is 13.5. The topological polar surface area (TPSA) is 35.0 Å². The highest BCUT2D eigenvalue weighted by atomic mass is 79.9. The minimum absolute atomic E-state index is 0.00796. The molecule has 0 aliphatic heterocycles. The molecule has 0 unspecified atom stereocenters. The lowest BCUT2D eigenvalue weighted by molar-refractivity contribution is 0.402. The Hall–Kier alpha value is -0.790. The molecule has 0 atom stereocenters. The van der Waals surface area contributed by atoms with Gasteiger partial charge in [-0.05, 0) is 39.7 Å². The van der Waals surface area contributed by atoms with E-state index in [1.165, 1.54) is 12.3 Å². The van der Waals surface area contributed by atoms with Crippen LogP contribution in [0.1, 0.15) is 0 Å². The molecule has 0 spiro atoms. The van der Waals surface area contributed by atoms with Crippen molar-refractivity contribution in [1.29, 1.82) is 0 Å². The SMILES string of the molecule is Fc1cc(Br)cc(Oc2nc(Cl)ncc2Br)c1F. The van der Waals surface area contributed by atoms with Gasteiger partial charge >= 0.3 is 0 Å². The van der Waals surface area contributed by atoms with Crippen molar-refractivity contribution in [2.75, 3.05) is 0 Å². The van der Waals surface area contributed by atoms with E-state index in [1.807, 2.05) is 0 Å². The summed E-state index contributed by atoms with van der Waals surface area (Å²) in [7, 11) is 0. The normalized spacial score (nSPS) is 10.5. The van der Waals surface area contributed by atoms with Gasteiger partial charge in [-0.15, -0.1) is 0 Å². The first kappa shape index (κ1) is 13.6. The van der Waals surface area contributed by atoms with E-state index >= 15 is 0 Å². The minimum atomic E-state index is -1.11. The van der Waals surface area contributed by atoms with E-state index in [0.717, 1.165) is 6.07 Å². The van der Waals surface area contributed by atoms with Gasteiger partial charge in [0.15, 0.2) is 11.6 Å². The van der Waals surface area contributed by atoms with Crippen LogP contribution in [0.15, 0.2) is 27.3 Å². The predicted octanol–water partition coefficient (Wildman–Crippen LogP) is 4.73. The van der Waals surface area contributed by atoms with E-state index in [0.29, 0.717) is 8.95 Å². The van der Waals surface area contributed by atoms with E-state index in [4.69, 9.17) is 16.3 Å². The lowest BCUT2D eigenvalue weighted by atomic mass is 10.3. The van der Waals surface area contributed by atoms with Crippen molar-refractivity contribution in [2.45, 2.75) is 0 Å². The number of rotatable bonds is 2. The van der Waals surface area contributed by atoms with Crippen LogP contribution in [0.3, 0.4) is 0 Å². The molecule has 2 rings (SSSR count). The predicted molar refractivity (Wildman–Crippen MR) is 68.9 cm³/mol. The van der Waals surface area contributed by atoms with Gasteiger partial charge in [0.1, 0.15) is 0 Å². The van der Waals surface area contributed by atoms with Crippen LogP contribution in [-0.2, 0) is 0 Å². The van der Waals surface area contributed by atoms with Crippen molar-refractivity contribution in [3.05, 3.63) is 44.2 Å². The lowest BCUT2D eigenvalue weighted by Crippen LogP contribution is -1.96. The first-order chi connectivity index (χ1) is 8.47. The molecule has 2 aromatic rings. The average molecular weight is 400 g/mol. The summed E-state index contributed by atoms with van der Waals surface area (Å²) in [6.07, 6.45) is 1.34. The Morgan fingerprint density at radius 2 is 1.94 bits per heavy atom. The van der Waals surface area contributed by atoms with Crippen molar-refractivity contribution in [3.63, 3.8) is 0 Å². The van der Waals surface area contributed by atoms with Crippen LogP contribution in [0.25, 0.3) is 0 Å². The van der Waals surface area contributed by atoms with E-state index in [9.17, 15) is 8.78 Å². The molecule has 0 aliphatic rings. The second kappa shape index (κ2) is 5.46. The fraction of sp³-hybridized carbons (Fsp3) is 0. The van der Waals surface area contributed by atoms with Gasteiger partial charge in [0.2, 0.25) is 17.0 Å². The highest BCUT2D eigenvalue weighted by Gasteiger charge is 2.14. The Morgan fingerprint density at radius 1 is 1.22 bits per heavy atom. The summed E-state index contributed by atoms with van der Waals surface area (Å²) in [5.74, 6) is -2.46. The molecule has 94 valence electrons. The van der Waals surface area contributed by atoms with Gasteiger partial charge in [-0.2, -0.15) is 9.37 Å². The molecule has 0 radical (unpaired) electrons. The third-order valence-corrected chi connectivity index (χ3v) is 3.03. The van der Waals surface area contributed by atoms with Gasteiger partial charge in [-0.3, -0.25) is 0 Å².